The molecule has 0 atom stereocenters. The van der Waals surface area contributed by atoms with Gasteiger partial charge in [0.1, 0.15) is 4.90 Å². The van der Waals surface area contributed by atoms with Crippen LogP contribution in [-0.2, 0) is 16.6 Å². The molecule has 0 saturated heterocycles. The van der Waals surface area contributed by atoms with Crippen LogP contribution >= 0.6 is 11.6 Å². The Hall–Kier alpha value is -1.56. The van der Waals surface area contributed by atoms with Crippen LogP contribution < -0.4 is 4.72 Å². The molecule has 0 heterocycles. The number of aliphatic hydroxyl groups is 1. The maximum absolute atomic E-state index is 12.4. The van der Waals surface area contributed by atoms with E-state index in [9.17, 15) is 8.42 Å². The predicted molar refractivity (Wildman–Crippen MR) is 84.1 cm³/mol. The van der Waals surface area contributed by atoms with E-state index in [-0.39, 0.29) is 16.5 Å². The summed E-state index contributed by atoms with van der Waals surface area (Å²) in [6, 6.07) is 9.86. The number of hydrogen-bond acceptors (Lipinski definition) is 3. The molecule has 0 amide bonds. The summed E-state index contributed by atoms with van der Waals surface area (Å²) in [7, 11) is -3.80. The van der Waals surface area contributed by atoms with Crippen LogP contribution in [0.25, 0.3) is 0 Å². The standard InChI is InChI=1S/C15H16ClNO3S/c1-10-5-11(2)7-13(6-10)17-21(19,20)15-8-12(9-18)3-4-14(15)16/h3-8,17-18H,9H2,1-2H3. The van der Waals surface area contributed by atoms with E-state index in [1.54, 1.807) is 18.2 Å². The van der Waals surface area contributed by atoms with Crippen molar-refractivity contribution >= 4 is 27.3 Å². The van der Waals surface area contributed by atoms with E-state index in [0.29, 0.717) is 11.3 Å². The number of benzene rings is 2. The van der Waals surface area contributed by atoms with Crippen LogP contribution in [0.3, 0.4) is 0 Å². The van der Waals surface area contributed by atoms with Crippen LogP contribution in [0.1, 0.15) is 16.7 Å². The molecule has 2 aromatic carbocycles. The first-order valence-corrected chi connectivity index (χ1v) is 8.18. The number of nitrogens with one attached hydrogen (secondary N) is 1. The Morgan fingerprint density at radius 3 is 2.29 bits per heavy atom. The zero-order valence-corrected chi connectivity index (χ0v) is 13.3. The van der Waals surface area contributed by atoms with Crippen molar-refractivity contribution in [2.24, 2.45) is 0 Å². The molecule has 2 aromatic rings. The van der Waals surface area contributed by atoms with Crippen LogP contribution in [0.4, 0.5) is 5.69 Å². The fraction of sp³-hybridized carbons (Fsp3) is 0.200. The summed E-state index contributed by atoms with van der Waals surface area (Å²) >= 11 is 5.97. The van der Waals surface area contributed by atoms with Gasteiger partial charge in [-0.25, -0.2) is 8.42 Å². The number of aryl methyl sites for hydroxylation is 2. The fourth-order valence-electron chi connectivity index (χ4n) is 2.10. The Balaban J connectivity index is 2.42. The summed E-state index contributed by atoms with van der Waals surface area (Å²) in [4.78, 5) is -0.0464. The third-order valence-electron chi connectivity index (χ3n) is 2.94. The minimum atomic E-state index is -3.80. The summed E-state index contributed by atoms with van der Waals surface area (Å²) in [6.45, 7) is 3.54. The smallest absolute Gasteiger partial charge is 0.263 e. The molecule has 0 spiro atoms. The lowest BCUT2D eigenvalue weighted by atomic mass is 10.1. The Kier molecular flexibility index (Phi) is 4.56. The highest BCUT2D eigenvalue weighted by Crippen LogP contribution is 2.25. The minimum Gasteiger partial charge on any atom is -0.392 e. The molecule has 0 aliphatic rings. The topological polar surface area (TPSA) is 66.4 Å². The van der Waals surface area contributed by atoms with Crippen molar-refractivity contribution in [3.63, 3.8) is 0 Å². The normalized spacial score (nSPS) is 11.4. The molecule has 2 N–H and O–H groups in total. The molecule has 0 saturated carbocycles. The van der Waals surface area contributed by atoms with E-state index in [1.807, 2.05) is 19.9 Å². The van der Waals surface area contributed by atoms with E-state index >= 15 is 0 Å². The average molecular weight is 326 g/mol. The molecule has 21 heavy (non-hydrogen) atoms. The molecular formula is C15H16ClNO3S. The lowest BCUT2D eigenvalue weighted by Gasteiger charge is -2.12. The fourth-order valence-corrected chi connectivity index (χ4v) is 3.69. The first-order chi connectivity index (χ1) is 9.81. The van der Waals surface area contributed by atoms with Crippen molar-refractivity contribution in [1.29, 1.82) is 0 Å². The van der Waals surface area contributed by atoms with Gasteiger partial charge in [0.25, 0.3) is 10.0 Å². The van der Waals surface area contributed by atoms with Crippen molar-refractivity contribution in [1.82, 2.24) is 0 Å². The zero-order chi connectivity index (χ0) is 15.6. The second kappa shape index (κ2) is 6.05. The molecule has 0 aromatic heterocycles. The van der Waals surface area contributed by atoms with Crippen molar-refractivity contribution in [2.75, 3.05) is 4.72 Å². The molecule has 6 heteroatoms. The van der Waals surface area contributed by atoms with E-state index in [1.165, 1.54) is 12.1 Å². The number of halogens is 1. The Labute approximate surface area is 129 Å². The molecule has 0 bridgehead atoms. The van der Waals surface area contributed by atoms with Crippen LogP contribution in [-0.4, -0.2) is 13.5 Å². The van der Waals surface area contributed by atoms with Crippen molar-refractivity contribution in [3.05, 3.63) is 58.1 Å². The SMILES string of the molecule is Cc1cc(C)cc(NS(=O)(=O)c2cc(CO)ccc2Cl)c1. The van der Waals surface area contributed by atoms with Gasteiger partial charge in [-0.2, -0.15) is 0 Å². The lowest BCUT2D eigenvalue weighted by Crippen LogP contribution is -2.14. The Morgan fingerprint density at radius 2 is 1.71 bits per heavy atom. The number of sulfonamides is 1. The first kappa shape index (κ1) is 15.8. The van der Waals surface area contributed by atoms with Crippen LogP contribution in [0.5, 0.6) is 0 Å². The summed E-state index contributed by atoms with van der Waals surface area (Å²) in [5, 5.41) is 9.24. The zero-order valence-electron chi connectivity index (χ0n) is 11.7. The Bertz CT molecular complexity index is 752. The molecule has 0 aliphatic heterocycles. The number of aliphatic hydroxyl groups excluding tert-OH is 1. The highest BCUT2D eigenvalue weighted by Gasteiger charge is 2.19. The third kappa shape index (κ3) is 3.75. The van der Waals surface area contributed by atoms with Gasteiger partial charge in [-0.15, -0.1) is 0 Å². The highest BCUT2D eigenvalue weighted by atomic mass is 35.5. The summed E-state index contributed by atoms with van der Waals surface area (Å²) in [5.41, 5.74) is 2.89. The second-order valence-corrected chi connectivity index (χ2v) is 6.96. The minimum absolute atomic E-state index is 0.0464. The van der Waals surface area contributed by atoms with Gasteiger partial charge in [0.2, 0.25) is 0 Å². The van der Waals surface area contributed by atoms with Crippen molar-refractivity contribution < 1.29 is 13.5 Å². The van der Waals surface area contributed by atoms with Gasteiger partial charge in [-0.1, -0.05) is 23.7 Å². The van der Waals surface area contributed by atoms with E-state index in [4.69, 9.17) is 16.7 Å². The summed E-state index contributed by atoms with van der Waals surface area (Å²) in [6.07, 6.45) is 0. The molecular weight excluding hydrogens is 310 g/mol. The Morgan fingerprint density at radius 1 is 1.10 bits per heavy atom. The maximum Gasteiger partial charge on any atom is 0.263 e. The number of hydrogen-bond donors (Lipinski definition) is 2. The quantitative estimate of drug-likeness (QED) is 0.906. The van der Waals surface area contributed by atoms with Crippen LogP contribution in [0.15, 0.2) is 41.3 Å². The summed E-state index contributed by atoms with van der Waals surface area (Å²) < 4.78 is 27.4. The van der Waals surface area contributed by atoms with Gasteiger partial charge >= 0.3 is 0 Å². The predicted octanol–water partition coefficient (Wildman–Crippen LogP) is 3.25. The molecule has 0 radical (unpaired) electrons. The second-order valence-electron chi connectivity index (χ2n) is 4.90. The van der Waals surface area contributed by atoms with Gasteiger partial charge in [0.05, 0.1) is 11.6 Å². The van der Waals surface area contributed by atoms with E-state index in [0.717, 1.165) is 11.1 Å². The van der Waals surface area contributed by atoms with Crippen LogP contribution in [0, 0.1) is 13.8 Å². The molecule has 0 fully saturated rings. The number of rotatable bonds is 4. The monoisotopic (exact) mass is 325 g/mol. The molecule has 112 valence electrons. The van der Waals surface area contributed by atoms with Crippen LogP contribution in [0.2, 0.25) is 5.02 Å². The summed E-state index contributed by atoms with van der Waals surface area (Å²) in [5.74, 6) is 0. The molecule has 2 rings (SSSR count). The maximum atomic E-state index is 12.4. The van der Waals surface area contributed by atoms with Gasteiger partial charge in [0, 0.05) is 5.69 Å². The van der Waals surface area contributed by atoms with Crippen molar-refractivity contribution in [3.8, 4) is 0 Å². The molecule has 0 aliphatic carbocycles. The van der Waals surface area contributed by atoms with E-state index < -0.39 is 10.0 Å². The number of anilines is 1. The third-order valence-corrected chi connectivity index (χ3v) is 4.80. The average Bonchev–Trinajstić information content (AvgIpc) is 2.37. The van der Waals surface area contributed by atoms with Gasteiger partial charge < -0.3 is 5.11 Å². The van der Waals surface area contributed by atoms with Gasteiger partial charge in [-0.05, 0) is 54.8 Å². The molecule has 0 unspecified atom stereocenters. The first-order valence-electron chi connectivity index (χ1n) is 6.32. The van der Waals surface area contributed by atoms with Gasteiger partial charge in [0.15, 0.2) is 0 Å². The lowest BCUT2D eigenvalue weighted by molar-refractivity contribution is 0.281. The highest BCUT2D eigenvalue weighted by molar-refractivity contribution is 7.92. The van der Waals surface area contributed by atoms with E-state index in [2.05, 4.69) is 4.72 Å². The van der Waals surface area contributed by atoms with Gasteiger partial charge in [-0.3, -0.25) is 4.72 Å². The largest absolute Gasteiger partial charge is 0.392 e. The molecule has 4 nitrogen and oxygen atoms in total. The van der Waals surface area contributed by atoms with Crippen molar-refractivity contribution in [2.45, 2.75) is 25.3 Å².